The first-order chi connectivity index (χ1) is 11.2. The van der Waals surface area contributed by atoms with Gasteiger partial charge in [0.25, 0.3) is 0 Å². The molecular weight excluding hydrogens is 348 g/mol. The molecule has 1 aromatic rings. The zero-order chi connectivity index (χ0) is 17.7. The lowest BCUT2D eigenvalue weighted by atomic mass is 9.91. The minimum Gasteiger partial charge on any atom is -0.444 e. The summed E-state index contributed by atoms with van der Waals surface area (Å²) in [6.07, 6.45) is 5.30. The van der Waals surface area contributed by atoms with Gasteiger partial charge in [-0.05, 0) is 52.7 Å². The maximum atomic E-state index is 11.8. The van der Waals surface area contributed by atoms with Crippen LogP contribution in [0.1, 0.15) is 46.5 Å². The average molecular weight is 373 g/mol. The van der Waals surface area contributed by atoms with Crippen molar-refractivity contribution in [3.8, 4) is 0 Å². The molecule has 1 fully saturated rings. The number of aromatic nitrogens is 2. The van der Waals surface area contributed by atoms with E-state index in [2.05, 4.69) is 20.6 Å². The van der Waals surface area contributed by atoms with Crippen LogP contribution in [0.5, 0.6) is 0 Å². The van der Waals surface area contributed by atoms with Crippen LogP contribution in [0.25, 0.3) is 0 Å². The number of thioether (sulfide) groups is 1. The summed E-state index contributed by atoms with van der Waals surface area (Å²) in [5, 5.41) is 7.46. The molecule has 1 aliphatic rings. The summed E-state index contributed by atoms with van der Waals surface area (Å²) in [6.45, 7) is 5.59. The summed E-state index contributed by atoms with van der Waals surface area (Å²) < 4.78 is 5.30. The number of anilines is 1. The van der Waals surface area contributed by atoms with E-state index in [0.717, 1.165) is 31.5 Å². The van der Waals surface area contributed by atoms with Crippen LogP contribution >= 0.6 is 23.4 Å². The normalized spacial score (nSPS) is 21.2. The molecule has 0 unspecified atom stereocenters. The van der Waals surface area contributed by atoms with E-state index in [1.165, 1.54) is 11.8 Å². The second-order valence-electron chi connectivity index (χ2n) is 6.90. The highest BCUT2D eigenvalue weighted by atomic mass is 35.5. The molecule has 1 heterocycles. The number of halogens is 1. The van der Waals surface area contributed by atoms with Crippen molar-refractivity contribution >= 4 is 35.3 Å². The summed E-state index contributed by atoms with van der Waals surface area (Å²) in [7, 11) is 0. The lowest BCUT2D eigenvalue weighted by molar-refractivity contribution is 0.0492. The number of carbonyl (C=O) groups excluding carboxylic acids is 1. The number of rotatable bonds is 4. The van der Waals surface area contributed by atoms with Crippen molar-refractivity contribution < 1.29 is 9.53 Å². The van der Waals surface area contributed by atoms with Crippen LogP contribution in [0.4, 0.5) is 10.6 Å². The van der Waals surface area contributed by atoms with Gasteiger partial charge in [0, 0.05) is 18.2 Å². The predicted octanol–water partition coefficient (Wildman–Crippen LogP) is 4.10. The molecule has 0 bridgehead atoms. The molecule has 2 N–H and O–H groups in total. The van der Waals surface area contributed by atoms with Crippen LogP contribution in [-0.2, 0) is 4.74 Å². The molecule has 0 saturated heterocycles. The lowest BCUT2D eigenvalue weighted by Crippen LogP contribution is -2.42. The average Bonchev–Trinajstić information content (AvgIpc) is 2.46. The van der Waals surface area contributed by atoms with E-state index in [9.17, 15) is 4.79 Å². The summed E-state index contributed by atoms with van der Waals surface area (Å²) in [5.74, 6) is 0.753. The van der Waals surface area contributed by atoms with Crippen LogP contribution in [0, 0.1) is 0 Å². The molecule has 8 heteroatoms. The number of hydrogen-bond acceptors (Lipinski definition) is 6. The van der Waals surface area contributed by atoms with E-state index < -0.39 is 5.60 Å². The van der Waals surface area contributed by atoms with E-state index in [4.69, 9.17) is 16.3 Å². The van der Waals surface area contributed by atoms with E-state index in [1.807, 2.05) is 27.0 Å². The number of nitrogens with one attached hydrogen (secondary N) is 2. The molecule has 0 atom stereocenters. The lowest BCUT2D eigenvalue weighted by Gasteiger charge is -2.30. The van der Waals surface area contributed by atoms with Crippen molar-refractivity contribution in [1.82, 2.24) is 15.3 Å². The zero-order valence-electron chi connectivity index (χ0n) is 14.6. The number of hydrogen-bond donors (Lipinski definition) is 2. The first-order valence-electron chi connectivity index (χ1n) is 8.10. The molecule has 134 valence electrons. The minimum atomic E-state index is -0.468. The number of carbonyl (C=O) groups is 1. The zero-order valence-corrected chi connectivity index (χ0v) is 16.1. The Bertz CT molecular complexity index is 572. The third-order valence-electron chi connectivity index (χ3n) is 3.66. The molecule has 1 amide bonds. The van der Waals surface area contributed by atoms with Crippen molar-refractivity contribution in [2.75, 3.05) is 11.6 Å². The standard InChI is InChI=1S/C16H25ClN4O2S/c1-16(2,3)23-15(22)19-11-7-5-10(6-8-11)18-13-9-12(17)20-14(21-13)24-4/h9-11H,5-8H2,1-4H3,(H,19,22)(H,18,20,21). The molecule has 1 saturated carbocycles. The quantitative estimate of drug-likeness (QED) is 0.470. The number of ether oxygens (including phenoxy) is 1. The van der Waals surface area contributed by atoms with Crippen molar-refractivity contribution in [2.45, 2.75) is 69.3 Å². The molecular formula is C16H25ClN4O2S. The van der Waals surface area contributed by atoms with Crippen molar-refractivity contribution in [1.29, 1.82) is 0 Å². The summed E-state index contributed by atoms with van der Waals surface area (Å²) >= 11 is 7.48. The number of alkyl carbamates (subject to hydrolysis) is 1. The molecule has 1 aliphatic carbocycles. The first-order valence-corrected chi connectivity index (χ1v) is 9.70. The molecule has 6 nitrogen and oxygen atoms in total. The van der Waals surface area contributed by atoms with Crippen LogP contribution in [0.2, 0.25) is 5.15 Å². The van der Waals surface area contributed by atoms with Crippen LogP contribution < -0.4 is 10.6 Å². The molecule has 2 rings (SSSR count). The van der Waals surface area contributed by atoms with Gasteiger partial charge in [0.2, 0.25) is 0 Å². The summed E-state index contributed by atoms with van der Waals surface area (Å²) in [6, 6.07) is 2.22. The van der Waals surface area contributed by atoms with Gasteiger partial charge in [0.1, 0.15) is 16.6 Å². The largest absolute Gasteiger partial charge is 0.444 e. The Balaban J connectivity index is 1.81. The Morgan fingerprint density at radius 3 is 2.46 bits per heavy atom. The fraction of sp³-hybridized carbons (Fsp3) is 0.688. The van der Waals surface area contributed by atoms with Gasteiger partial charge in [-0.25, -0.2) is 14.8 Å². The summed E-state index contributed by atoms with van der Waals surface area (Å²) in [5.41, 5.74) is -0.468. The van der Waals surface area contributed by atoms with Gasteiger partial charge < -0.3 is 15.4 Å². The molecule has 0 radical (unpaired) electrons. The Kier molecular flexibility index (Phi) is 6.57. The van der Waals surface area contributed by atoms with Crippen molar-refractivity contribution in [3.63, 3.8) is 0 Å². The number of amides is 1. The highest BCUT2D eigenvalue weighted by Gasteiger charge is 2.25. The van der Waals surface area contributed by atoms with Gasteiger partial charge in [-0.15, -0.1) is 0 Å². The van der Waals surface area contributed by atoms with Crippen LogP contribution in [-0.4, -0.2) is 40.0 Å². The van der Waals surface area contributed by atoms with Gasteiger partial charge in [-0.1, -0.05) is 23.4 Å². The third-order valence-corrected chi connectivity index (χ3v) is 4.40. The maximum absolute atomic E-state index is 11.8. The van der Waals surface area contributed by atoms with Gasteiger partial charge in [-0.3, -0.25) is 0 Å². The van der Waals surface area contributed by atoms with E-state index in [1.54, 1.807) is 6.07 Å². The first kappa shape index (κ1) is 19.1. The van der Waals surface area contributed by atoms with Gasteiger partial charge >= 0.3 is 6.09 Å². The molecule has 1 aromatic heterocycles. The SMILES string of the molecule is CSc1nc(Cl)cc(NC2CCC(NC(=O)OC(C)(C)C)CC2)n1. The second-order valence-corrected chi connectivity index (χ2v) is 8.06. The van der Waals surface area contributed by atoms with Crippen LogP contribution in [0.15, 0.2) is 11.2 Å². The molecule has 0 aliphatic heterocycles. The predicted molar refractivity (Wildman–Crippen MR) is 97.9 cm³/mol. The topological polar surface area (TPSA) is 76.1 Å². The maximum Gasteiger partial charge on any atom is 0.407 e. The minimum absolute atomic E-state index is 0.161. The highest BCUT2D eigenvalue weighted by molar-refractivity contribution is 7.98. The van der Waals surface area contributed by atoms with Gasteiger partial charge in [0.05, 0.1) is 0 Å². The Hall–Kier alpha value is -1.21. The van der Waals surface area contributed by atoms with Gasteiger partial charge in [-0.2, -0.15) is 0 Å². The summed E-state index contributed by atoms with van der Waals surface area (Å²) in [4.78, 5) is 20.4. The number of nitrogens with zero attached hydrogens (tertiary/aromatic N) is 2. The third kappa shape index (κ3) is 6.36. The van der Waals surface area contributed by atoms with E-state index >= 15 is 0 Å². The van der Waals surface area contributed by atoms with Crippen LogP contribution in [0.3, 0.4) is 0 Å². The van der Waals surface area contributed by atoms with E-state index in [0.29, 0.717) is 16.4 Å². The molecule has 24 heavy (non-hydrogen) atoms. The fourth-order valence-electron chi connectivity index (χ4n) is 2.63. The smallest absolute Gasteiger partial charge is 0.407 e. The van der Waals surface area contributed by atoms with E-state index in [-0.39, 0.29) is 12.1 Å². The Morgan fingerprint density at radius 1 is 1.25 bits per heavy atom. The molecule has 0 aromatic carbocycles. The Labute approximate surface area is 152 Å². The van der Waals surface area contributed by atoms with Crippen molar-refractivity contribution in [3.05, 3.63) is 11.2 Å². The monoisotopic (exact) mass is 372 g/mol. The second kappa shape index (κ2) is 8.25. The van der Waals surface area contributed by atoms with Crippen molar-refractivity contribution in [2.24, 2.45) is 0 Å². The highest BCUT2D eigenvalue weighted by Crippen LogP contribution is 2.24. The fourth-order valence-corrected chi connectivity index (χ4v) is 3.24. The molecule has 0 spiro atoms. The van der Waals surface area contributed by atoms with Gasteiger partial charge in [0.15, 0.2) is 5.16 Å². The Morgan fingerprint density at radius 2 is 1.88 bits per heavy atom.